The van der Waals surface area contributed by atoms with Crippen LogP contribution < -0.4 is 4.74 Å². The van der Waals surface area contributed by atoms with Crippen molar-refractivity contribution in [1.82, 2.24) is 14.7 Å². The summed E-state index contributed by atoms with van der Waals surface area (Å²) in [7, 11) is 0. The minimum atomic E-state index is 0.00847. The number of aromatic nitrogens is 3. The smallest absolute Gasteiger partial charge is 0.275 e. The Bertz CT molecular complexity index is 1210. The fourth-order valence-corrected chi connectivity index (χ4v) is 2.98. The van der Waals surface area contributed by atoms with Gasteiger partial charge in [0.05, 0.1) is 22.7 Å². The van der Waals surface area contributed by atoms with E-state index in [1.165, 1.54) is 0 Å². The molecule has 0 spiro atoms. The predicted molar refractivity (Wildman–Crippen MR) is 102 cm³/mol. The van der Waals surface area contributed by atoms with Crippen molar-refractivity contribution in [3.8, 4) is 29.2 Å². The maximum Gasteiger partial charge on any atom is 0.275 e. The molecule has 0 atom stereocenters. The van der Waals surface area contributed by atoms with E-state index in [2.05, 4.69) is 16.2 Å². The normalized spacial score (nSPS) is 10.9. The molecule has 2 aromatic heterocycles. The number of hydrogen-bond acceptors (Lipinski definition) is 6. The number of carbonyl (C=O) groups is 1. The molecule has 0 aliphatic heterocycles. The first kappa shape index (κ1) is 17.5. The summed E-state index contributed by atoms with van der Waals surface area (Å²) in [5, 5.41) is 14.4. The first-order valence-electron chi connectivity index (χ1n) is 8.70. The highest BCUT2D eigenvalue weighted by Gasteiger charge is 2.16. The van der Waals surface area contributed by atoms with Crippen LogP contribution in [0.15, 0.2) is 53.2 Å². The van der Waals surface area contributed by atoms with E-state index < -0.39 is 0 Å². The van der Waals surface area contributed by atoms with Gasteiger partial charge >= 0.3 is 0 Å². The largest absolute Gasteiger partial charge is 0.491 e. The second-order valence-corrected chi connectivity index (χ2v) is 6.51. The molecule has 0 aliphatic carbocycles. The lowest BCUT2D eigenvalue weighted by molar-refractivity contribution is 0.112. The van der Waals surface area contributed by atoms with Gasteiger partial charge in [0, 0.05) is 17.1 Å². The molecule has 2 aromatic carbocycles. The molecule has 0 fully saturated rings. The summed E-state index contributed by atoms with van der Waals surface area (Å²) in [5.41, 5.74) is 2.37. The second-order valence-electron chi connectivity index (χ2n) is 6.51. The molecule has 2 heterocycles. The molecule has 0 radical (unpaired) electrons. The summed E-state index contributed by atoms with van der Waals surface area (Å²) in [6.07, 6.45) is 2.62. The topological polar surface area (TPSA) is 93.9 Å². The van der Waals surface area contributed by atoms with E-state index in [-0.39, 0.29) is 12.0 Å². The molecular weight excluding hydrogens is 356 g/mol. The highest BCUT2D eigenvalue weighted by Crippen LogP contribution is 2.28. The molecule has 138 valence electrons. The summed E-state index contributed by atoms with van der Waals surface area (Å²) >= 11 is 0. The molecule has 0 saturated heterocycles. The van der Waals surface area contributed by atoms with Gasteiger partial charge in [0.25, 0.3) is 11.8 Å². The van der Waals surface area contributed by atoms with Crippen molar-refractivity contribution in [1.29, 1.82) is 5.26 Å². The van der Waals surface area contributed by atoms with Crippen LogP contribution in [-0.2, 0) is 0 Å². The van der Waals surface area contributed by atoms with Crippen LogP contribution in [0, 0.1) is 11.3 Å². The molecule has 7 nitrogen and oxygen atoms in total. The minimum Gasteiger partial charge on any atom is -0.491 e. The highest BCUT2D eigenvalue weighted by molar-refractivity contribution is 5.88. The van der Waals surface area contributed by atoms with Gasteiger partial charge < -0.3 is 9.26 Å². The third kappa shape index (κ3) is 3.12. The van der Waals surface area contributed by atoms with Gasteiger partial charge in [-0.1, -0.05) is 0 Å². The highest BCUT2D eigenvalue weighted by atomic mass is 16.5. The van der Waals surface area contributed by atoms with Crippen LogP contribution in [0.3, 0.4) is 0 Å². The van der Waals surface area contributed by atoms with Crippen LogP contribution in [0.25, 0.3) is 28.3 Å². The van der Waals surface area contributed by atoms with Crippen molar-refractivity contribution in [3.05, 3.63) is 59.8 Å². The number of nitrogens with zero attached hydrogens (tertiary/aromatic N) is 4. The summed E-state index contributed by atoms with van der Waals surface area (Å²) in [6, 6.07) is 14.5. The van der Waals surface area contributed by atoms with E-state index in [9.17, 15) is 10.1 Å². The van der Waals surface area contributed by atoms with Crippen LogP contribution >= 0.6 is 0 Å². The Morgan fingerprint density at radius 1 is 1.21 bits per heavy atom. The van der Waals surface area contributed by atoms with Crippen molar-refractivity contribution in [2.45, 2.75) is 20.0 Å². The molecular formula is C21H16N4O3. The van der Waals surface area contributed by atoms with Crippen molar-refractivity contribution in [2.75, 3.05) is 0 Å². The Balaban J connectivity index is 1.72. The Labute approximate surface area is 160 Å². The van der Waals surface area contributed by atoms with Crippen molar-refractivity contribution >= 4 is 17.2 Å². The Hall–Kier alpha value is -3.92. The van der Waals surface area contributed by atoms with Gasteiger partial charge in [0.2, 0.25) is 0 Å². The van der Waals surface area contributed by atoms with E-state index in [1.807, 2.05) is 26.0 Å². The van der Waals surface area contributed by atoms with Gasteiger partial charge in [-0.15, -0.1) is 0 Å². The van der Waals surface area contributed by atoms with E-state index in [0.29, 0.717) is 28.4 Å². The van der Waals surface area contributed by atoms with E-state index in [1.54, 1.807) is 41.1 Å². The Morgan fingerprint density at radius 2 is 2.07 bits per heavy atom. The van der Waals surface area contributed by atoms with Crippen LogP contribution in [-0.4, -0.2) is 27.1 Å². The van der Waals surface area contributed by atoms with Crippen LogP contribution in [0.4, 0.5) is 0 Å². The molecule has 0 N–H and O–H groups in total. The van der Waals surface area contributed by atoms with E-state index >= 15 is 0 Å². The summed E-state index contributed by atoms with van der Waals surface area (Å²) in [4.78, 5) is 15.4. The van der Waals surface area contributed by atoms with Crippen LogP contribution in [0.2, 0.25) is 0 Å². The SMILES string of the molecule is CC(C)Oc1ccc(-c2nc(-n3ccc4cc(C=O)ccc43)no2)c(C#N)c1. The number of ether oxygens (including phenoxy) is 1. The third-order valence-corrected chi connectivity index (χ3v) is 4.19. The average Bonchev–Trinajstić information content (AvgIpc) is 3.33. The van der Waals surface area contributed by atoms with Crippen molar-refractivity contribution in [3.63, 3.8) is 0 Å². The number of rotatable bonds is 5. The van der Waals surface area contributed by atoms with Gasteiger partial charge in [-0.25, -0.2) is 0 Å². The molecule has 0 aliphatic rings. The Kier molecular flexibility index (Phi) is 4.38. The van der Waals surface area contributed by atoms with Crippen molar-refractivity contribution in [2.24, 2.45) is 0 Å². The molecule has 0 saturated carbocycles. The van der Waals surface area contributed by atoms with Gasteiger partial charge in [-0.3, -0.25) is 9.36 Å². The maximum absolute atomic E-state index is 10.9. The van der Waals surface area contributed by atoms with Gasteiger partial charge in [0.1, 0.15) is 18.1 Å². The minimum absolute atomic E-state index is 0.00847. The molecule has 28 heavy (non-hydrogen) atoms. The van der Waals surface area contributed by atoms with E-state index in [4.69, 9.17) is 9.26 Å². The zero-order chi connectivity index (χ0) is 19.7. The average molecular weight is 372 g/mol. The molecule has 0 bridgehead atoms. The Morgan fingerprint density at radius 3 is 2.82 bits per heavy atom. The molecule has 0 amide bonds. The predicted octanol–water partition coefficient (Wildman–Crippen LogP) is 4.15. The van der Waals surface area contributed by atoms with Crippen molar-refractivity contribution < 1.29 is 14.1 Å². The number of benzene rings is 2. The van der Waals surface area contributed by atoms with Gasteiger partial charge in [-0.2, -0.15) is 10.2 Å². The molecule has 7 heteroatoms. The lowest BCUT2D eigenvalue weighted by Gasteiger charge is -2.10. The first-order chi connectivity index (χ1) is 13.6. The quantitative estimate of drug-likeness (QED) is 0.489. The second kappa shape index (κ2) is 7.00. The monoisotopic (exact) mass is 372 g/mol. The zero-order valence-electron chi connectivity index (χ0n) is 15.3. The van der Waals surface area contributed by atoms with Gasteiger partial charge in [0.15, 0.2) is 0 Å². The molecule has 4 rings (SSSR count). The van der Waals surface area contributed by atoms with E-state index in [0.717, 1.165) is 17.2 Å². The lowest BCUT2D eigenvalue weighted by Crippen LogP contribution is -2.05. The lowest BCUT2D eigenvalue weighted by atomic mass is 10.1. The van der Waals surface area contributed by atoms with Crippen LogP contribution in [0.1, 0.15) is 29.8 Å². The van der Waals surface area contributed by atoms with Gasteiger partial charge in [-0.05, 0) is 61.5 Å². The standard InChI is InChI=1S/C21H16N4O3/c1-13(2)27-17-4-5-18(16(10-17)11-22)20-23-21(24-28-20)25-8-7-15-9-14(12-26)3-6-19(15)25/h3-10,12-13H,1-2H3. The number of aldehydes is 1. The summed E-state index contributed by atoms with van der Waals surface area (Å²) in [6.45, 7) is 3.84. The van der Waals surface area contributed by atoms with Crippen LogP contribution in [0.5, 0.6) is 5.75 Å². The molecule has 0 unspecified atom stereocenters. The fourth-order valence-electron chi connectivity index (χ4n) is 2.98. The molecule has 4 aromatic rings. The maximum atomic E-state index is 10.9. The number of carbonyl (C=O) groups excluding carboxylic acids is 1. The fraction of sp³-hybridized carbons (Fsp3) is 0.143. The number of nitriles is 1. The number of hydrogen-bond donors (Lipinski definition) is 0. The summed E-state index contributed by atoms with van der Waals surface area (Å²) in [5.74, 6) is 1.20. The number of fused-ring (bicyclic) bond motifs is 1. The zero-order valence-corrected chi connectivity index (χ0v) is 15.3. The first-order valence-corrected chi connectivity index (χ1v) is 8.70. The summed E-state index contributed by atoms with van der Waals surface area (Å²) < 4.78 is 12.8. The third-order valence-electron chi connectivity index (χ3n) is 4.19.